The molecule has 1 aliphatic heterocycles. The maximum Gasteiger partial charge on any atom is 0.0298 e. The molecule has 0 aromatic carbocycles. The first-order valence-electron chi connectivity index (χ1n) is 14.1. The molecule has 7 rings (SSSR count). The van der Waals surface area contributed by atoms with Crippen molar-refractivity contribution in [2.75, 3.05) is 0 Å². The average Bonchev–Trinajstić information content (AvgIpc) is 2.96. The Bertz CT molecular complexity index is 1460. The summed E-state index contributed by atoms with van der Waals surface area (Å²) in [7, 11) is 0. The van der Waals surface area contributed by atoms with Gasteiger partial charge in [-0.05, 0) is 107 Å². The van der Waals surface area contributed by atoms with Gasteiger partial charge in [-0.3, -0.25) is 4.99 Å². The first kappa shape index (κ1) is 22.7. The zero-order chi connectivity index (χ0) is 24.8. The molecule has 0 saturated carbocycles. The highest BCUT2D eigenvalue weighted by Gasteiger charge is 2.39. The lowest BCUT2D eigenvalue weighted by molar-refractivity contribution is 0.505. The van der Waals surface area contributed by atoms with Crippen LogP contribution in [0.1, 0.15) is 58.3 Å². The molecule has 1 heterocycles. The molecule has 7 aliphatic rings. The van der Waals surface area contributed by atoms with Crippen LogP contribution in [0.15, 0.2) is 146 Å². The summed E-state index contributed by atoms with van der Waals surface area (Å²) in [5.41, 5.74) is 15.3. The first-order valence-corrected chi connectivity index (χ1v) is 14.1. The van der Waals surface area contributed by atoms with E-state index in [-0.39, 0.29) is 5.41 Å². The third-order valence-electron chi connectivity index (χ3n) is 9.20. The Morgan fingerprint density at radius 1 is 0.784 bits per heavy atom. The Balaban J connectivity index is 1.36. The Labute approximate surface area is 221 Å². The van der Waals surface area contributed by atoms with Gasteiger partial charge in [0.05, 0.1) is 0 Å². The van der Waals surface area contributed by atoms with E-state index in [0.29, 0.717) is 5.92 Å². The molecule has 0 spiro atoms. The molecular weight excluding hydrogens is 446 g/mol. The number of rotatable bonds is 3. The highest BCUT2D eigenvalue weighted by Crippen LogP contribution is 2.54. The number of hydrogen-bond acceptors (Lipinski definition) is 1. The molecule has 1 nitrogen and oxygen atoms in total. The Morgan fingerprint density at radius 3 is 2.54 bits per heavy atom. The fourth-order valence-electron chi connectivity index (χ4n) is 7.28. The summed E-state index contributed by atoms with van der Waals surface area (Å²) in [6, 6.07) is 0. The van der Waals surface area contributed by atoms with Crippen LogP contribution in [0.2, 0.25) is 0 Å². The largest absolute Gasteiger partial charge is 0.269 e. The Hall–Kier alpha value is -3.45. The van der Waals surface area contributed by atoms with Gasteiger partial charge in [0.25, 0.3) is 0 Å². The van der Waals surface area contributed by atoms with Crippen LogP contribution in [0.3, 0.4) is 0 Å². The highest BCUT2D eigenvalue weighted by atomic mass is 14.7. The van der Waals surface area contributed by atoms with Crippen LogP contribution >= 0.6 is 0 Å². The standard InChI is InChI=1S/C36H35N/c1-36-21-7-6-10-29(36)20-19-27(23-36)35-32-13-4-2-11-30(32)34(31-12-3-5-14-33(31)35)26-17-15-25(16-18-26)28-9-8-22-37-24-28/h2,4-7,10-11,14-15,17,19-22,24,32H,3,8-9,12-13,16,18,23H2,1H3. The Morgan fingerprint density at radius 2 is 1.68 bits per heavy atom. The predicted molar refractivity (Wildman–Crippen MR) is 156 cm³/mol. The smallest absolute Gasteiger partial charge is 0.0298 e. The monoisotopic (exact) mass is 481 g/mol. The van der Waals surface area contributed by atoms with Crippen molar-refractivity contribution in [2.45, 2.75) is 58.3 Å². The van der Waals surface area contributed by atoms with Crippen molar-refractivity contribution < 1.29 is 0 Å². The summed E-state index contributed by atoms with van der Waals surface area (Å²) < 4.78 is 0. The average molecular weight is 482 g/mol. The summed E-state index contributed by atoms with van der Waals surface area (Å²) in [6.07, 6.45) is 43.7. The molecule has 184 valence electrons. The van der Waals surface area contributed by atoms with Crippen LogP contribution in [-0.4, -0.2) is 6.21 Å². The minimum absolute atomic E-state index is 0.0915. The summed E-state index contributed by atoms with van der Waals surface area (Å²) in [5, 5.41) is 0. The van der Waals surface area contributed by atoms with Gasteiger partial charge in [-0.15, -0.1) is 0 Å². The molecular formula is C36H35N. The predicted octanol–water partition coefficient (Wildman–Crippen LogP) is 9.23. The zero-order valence-electron chi connectivity index (χ0n) is 21.8. The van der Waals surface area contributed by atoms with Crippen LogP contribution < -0.4 is 0 Å². The second-order valence-corrected chi connectivity index (χ2v) is 11.5. The van der Waals surface area contributed by atoms with Gasteiger partial charge in [0.15, 0.2) is 0 Å². The molecule has 6 aliphatic carbocycles. The van der Waals surface area contributed by atoms with Gasteiger partial charge in [0, 0.05) is 23.7 Å². The lowest BCUT2D eigenvalue weighted by Crippen LogP contribution is -2.27. The molecule has 0 N–H and O–H groups in total. The van der Waals surface area contributed by atoms with E-state index in [9.17, 15) is 0 Å². The number of aliphatic imine (C=N–C) groups is 1. The third kappa shape index (κ3) is 3.87. The molecule has 37 heavy (non-hydrogen) atoms. The first-order chi connectivity index (χ1) is 18.2. The fraction of sp³-hybridized carbons (Fsp3) is 0.306. The quantitative estimate of drug-likeness (QED) is 0.381. The molecule has 0 radical (unpaired) electrons. The van der Waals surface area contributed by atoms with Gasteiger partial charge < -0.3 is 0 Å². The van der Waals surface area contributed by atoms with Crippen molar-refractivity contribution in [3.05, 3.63) is 141 Å². The second-order valence-electron chi connectivity index (χ2n) is 11.5. The van der Waals surface area contributed by atoms with Crippen LogP contribution in [0.5, 0.6) is 0 Å². The number of hydrogen-bond donors (Lipinski definition) is 0. The van der Waals surface area contributed by atoms with Crippen LogP contribution in [-0.2, 0) is 0 Å². The SMILES string of the molecule is CC12C=CC=CC1=CC=C(C1=C3C=CCCC3=C(C3=CC=C(C4=CN=CCC4)CC3)C3=CC=CCC31)C2. The van der Waals surface area contributed by atoms with E-state index in [1.54, 1.807) is 22.3 Å². The van der Waals surface area contributed by atoms with Crippen molar-refractivity contribution in [2.24, 2.45) is 16.3 Å². The number of fused-ring (bicyclic) bond motifs is 3. The van der Waals surface area contributed by atoms with E-state index < -0.39 is 0 Å². The van der Waals surface area contributed by atoms with E-state index in [0.717, 1.165) is 51.4 Å². The van der Waals surface area contributed by atoms with E-state index in [4.69, 9.17) is 0 Å². The van der Waals surface area contributed by atoms with Gasteiger partial charge in [-0.2, -0.15) is 0 Å². The zero-order valence-corrected chi connectivity index (χ0v) is 21.8. The molecule has 2 unspecified atom stereocenters. The molecule has 0 aromatic rings. The Kier molecular flexibility index (Phi) is 5.61. The van der Waals surface area contributed by atoms with Gasteiger partial charge in [0.1, 0.15) is 0 Å². The lowest BCUT2D eigenvalue weighted by atomic mass is 9.62. The van der Waals surface area contributed by atoms with Crippen molar-refractivity contribution in [3.63, 3.8) is 0 Å². The molecule has 0 bridgehead atoms. The van der Waals surface area contributed by atoms with Crippen molar-refractivity contribution in [1.82, 2.24) is 0 Å². The van der Waals surface area contributed by atoms with Gasteiger partial charge in [-0.25, -0.2) is 0 Å². The number of nitrogens with zero attached hydrogens (tertiary/aromatic N) is 1. The van der Waals surface area contributed by atoms with E-state index in [1.807, 2.05) is 6.21 Å². The minimum Gasteiger partial charge on any atom is -0.269 e. The molecule has 0 fully saturated rings. The maximum atomic E-state index is 4.43. The molecule has 0 saturated heterocycles. The van der Waals surface area contributed by atoms with Crippen molar-refractivity contribution >= 4 is 6.21 Å². The molecule has 0 aromatic heterocycles. The summed E-state index contributed by atoms with van der Waals surface area (Å²) in [5.74, 6) is 0.441. The topological polar surface area (TPSA) is 12.4 Å². The molecule has 1 heteroatoms. The van der Waals surface area contributed by atoms with Crippen LogP contribution in [0, 0.1) is 11.3 Å². The van der Waals surface area contributed by atoms with Crippen LogP contribution in [0.4, 0.5) is 0 Å². The van der Waals surface area contributed by atoms with Gasteiger partial charge >= 0.3 is 0 Å². The molecule has 2 atom stereocenters. The maximum absolute atomic E-state index is 4.43. The van der Waals surface area contributed by atoms with Crippen molar-refractivity contribution in [3.8, 4) is 0 Å². The van der Waals surface area contributed by atoms with E-state index in [1.165, 1.54) is 33.4 Å². The fourth-order valence-corrected chi connectivity index (χ4v) is 7.28. The summed E-state index contributed by atoms with van der Waals surface area (Å²) in [4.78, 5) is 4.43. The summed E-state index contributed by atoms with van der Waals surface area (Å²) >= 11 is 0. The van der Waals surface area contributed by atoms with Crippen LogP contribution in [0.25, 0.3) is 0 Å². The van der Waals surface area contributed by atoms with E-state index >= 15 is 0 Å². The normalized spacial score (nSPS) is 30.0. The second kappa shape index (κ2) is 9.14. The minimum atomic E-state index is 0.0915. The number of allylic oxidation sites excluding steroid dienone is 23. The van der Waals surface area contributed by atoms with Crippen molar-refractivity contribution in [1.29, 1.82) is 0 Å². The lowest BCUT2D eigenvalue weighted by Gasteiger charge is -2.41. The van der Waals surface area contributed by atoms with Gasteiger partial charge in [0.2, 0.25) is 0 Å². The highest BCUT2D eigenvalue weighted by molar-refractivity contribution is 5.71. The molecule has 0 amide bonds. The van der Waals surface area contributed by atoms with Gasteiger partial charge in [-0.1, -0.05) is 85.9 Å². The summed E-state index contributed by atoms with van der Waals surface area (Å²) in [6.45, 7) is 2.40. The van der Waals surface area contributed by atoms with E-state index in [2.05, 4.69) is 97.1 Å². The third-order valence-corrected chi connectivity index (χ3v) is 9.20.